The van der Waals surface area contributed by atoms with Gasteiger partial charge in [0.05, 0.1) is 43.7 Å². The summed E-state index contributed by atoms with van der Waals surface area (Å²) in [5.74, 6) is -0.367. The summed E-state index contributed by atoms with van der Waals surface area (Å²) >= 11 is 0. The molecule has 2 heterocycles. The van der Waals surface area contributed by atoms with Crippen LogP contribution in [0.4, 0.5) is 10.3 Å². The first-order valence-electron chi connectivity index (χ1n) is 9.50. The van der Waals surface area contributed by atoms with E-state index in [9.17, 15) is 12.8 Å². The third kappa shape index (κ3) is 3.77. The van der Waals surface area contributed by atoms with Gasteiger partial charge in [0, 0.05) is 0 Å². The Morgan fingerprint density at radius 1 is 1.07 bits per heavy atom. The van der Waals surface area contributed by atoms with E-state index in [2.05, 4.69) is 12.0 Å². The van der Waals surface area contributed by atoms with E-state index in [-0.39, 0.29) is 27.3 Å². The number of oxazole rings is 1. The Bertz CT molecular complexity index is 1120. The van der Waals surface area contributed by atoms with Crippen molar-refractivity contribution >= 4 is 15.7 Å². The van der Waals surface area contributed by atoms with Crippen molar-refractivity contribution in [1.29, 1.82) is 0 Å². The maximum Gasteiger partial charge on any atom is 0.236 e. The number of aryl methyl sites for hydroxylation is 1. The van der Waals surface area contributed by atoms with Crippen molar-refractivity contribution in [3.63, 3.8) is 0 Å². The molecule has 1 fully saturated rings. The quantitative estimate of drug-likeness (QED) is 0.704. The smallest absolute Gasteiger partial charge is 0.236 e. The number of nitrogens with one attached hydrogen (secondary N) is 1. The number of nitrogens with zero attached hydrogens (tertiary/aromatic N) is 2. The van der Waals surface area contributed by atoms with Crippen LogP contribution in [0.2, 0.25) is 0 Å². The van der Waals surface area contributed by atoms with Crippen LogP contribution in [0.15, 0.2) is 62.9 Å². The van der Waals surface area contributed by atoms with E-state index in [1.165, 1.54) is 17.0 Å². The van der Waals surface area contributed by atoms with Gasteiger partial charge in [0.1, 0.15) is 5.82 Å². The van der Waals surface area contributed by atoms with Crippen molar-refractivity contribution in [3.8, 4) is 11.5 Å². The van der Waals surface area contributed by atoms with Crippen LogP contribution in [0.5, 0.6) is 0 Å². The first-order chi connectivity index (χ1) is 13.9. The second-order valence-electron chi connectivity index (χ2n) is 7.37. The second kappa shape index (κ2) is 7.61. The van der Waals surface area contributed by atoms with Crippen LogP contribution in [0.1, 0.15) is 5.56 Å². The number of quaternary nitrogens is 1. The summed E-state index contributed by atoms with van der Waals surface area (Å²) in [5, 5.41) is -0.167. The van der Waals surface area contributed by atoms with Gasteiger partial charge < -0.3 is 14.2 Å². The summed E-state index contributed by atoms with van der Waals surface area (Å²) in [4.78, 5) is 7.64. The normalized spacial score (nSPS) is 15.6. The number of likely N-dealkylation sites (N-methyl/N-ethyl adjacent to an activating group) is 1. The highest BCUT2D eigenvalue weighted by Crippen LogP contribution is 2.35. The van der Waals surface area contributed by atoms with Gasteiger partial charge in [0.25, 0.3) is 0 Å². The molecule has 0 atom stereocenters. The topological polar surface area (TPSA) is 67.9 Å². The number of hydrogen-bond donors (Lipinski definition) is 1. The fourth-order valence-corrected chi connectivity index (χ4v) is 4.66. The number of rotatable bonds is 4. The summed E-state index contributed by atoms with van der Waals surface area (Å²) in [7, 11) is -1.84. The standard InChI is InChI=1S/C21H22FN3O3S/c1-15-7-9-16(10-8-15)29(26,27)20-21(25-13-11-24(2)12-14-25)28-19(23-20)17-5-3-4-6-18(17)22/h3-10H,11-14H2,1-2H3/p+1. The maximum atomic E-state index is 14.3. The van der Waals surface area contributed by atoms with E-state index >= 15 is 0 Å². The molecule has 1 aliphatic rings. The number of piperazine rings is 1. The Labute approximate surface area is 169 Å². The summed E-state index contributed by atoms with van der Waals surface area (Å²) in [6.07, 6.45) is 0. The van der Waals surface area contributed by atoms with Gasteiger partial charge in [0.2, 0.25) is 26.6 Å². The number of halogens is 1. The monoisotopic (exact) mass is 416 g/mol. The molecule has 1 aromatic heterocycles. The lowest BCUT2D eigenvalue weighted by molar-refractivity contribution is -0.880. The molecule has 3 aromatic rings. The number of anilines is 1. The highest BCUT2D eigenvalue weighted by molar-refractivity contribution is 7.91. The van der Waals surface area contributed by atoms with Crippen molar-refractivity contribution in [1.82, 2.24) is 4.98 Å². The van der Waals surface area contributed by atoms with E-state index in [1.807, 2.05) is 11.8 Å². The number of hydrogen-bond acceptors (Lipinski definition) is 5. The molecule has 152 valence electrons. The summed E-state index contributed by atoms with van der Waals surface area (Å²) in [5.41, 5.74) is 1.09. The van der Waals surface area contributed by atoms with E-state index < -0.39 is 15.7 Å². The van der Waals surface area contributed by atoms with Crippen LogP contribution in [0.25, 0.3) is 11.5 Å². The zero-order valence-electron chi connectivity index (χ0n) is 16.4. The second-order valence-corrected chi connectivity index (χ2v) is 9.23. The Balaban J connectivity index is 1.85. The fourth-order valence-electron chi connectivity index (χ4n) is 3.34. The number of benzene rings is 2. The van der Waals surface area contributed by atoms with E-state index in [1.54, 1.807) is 36.4 Å². The highest BCUT2D eigenvalue weighted by atomic mass is 32.2. The summed E-state index contributed by atoms with van der Waals surface area (Å²) in [6.45, 7) is 4.85. The lowest BCUT2D eigenvalue weighted by atomic mass is 10.2. The summed E-state index contributed by atoms with van der Waals surface area (Å²) in [6, 6.07) is 12.6. The SMILES string of the molecule is Cc1ccc(S(=O)(=O)c2nc(-c3ccccc3F)oc2N2CC[NH+](C)CC2)cc1. The Hall–Kier alpha value is -2.71. The van der Waals surface area contributed by atoms with Crippen LogP contribution < -0.4 is 9.80 Å². The van der Waals surface area contributed by atoms with Gasteiger partial charge in [-0.2, -0.15) is 4.98 Å². The molecule has 1 aliphatic heterocycles. The van der Waals surface area contributed by atoms with Crippen molar-refractivity contribution in [2.75, 3.05) is 38.1 Å². The molecule has 0 bridgehead atoms. The lowest BCUT2D eigenvalue weighted by Gasteiger charge is -2.29. The molecule has 2 aromatic carbocycles. The average Bonchev–Trinajstić information content (AvgIpc) is 3.15. The van der Waals surface area contributed by atoms with E-state index in [0.717, 1.165) is 18.7 Å². The van der Waals surface area contributed by atoms with E-state index in [0.29, 0.717) is 13.1 Å². The van der Waals surface area contributed by atoms with Gasteiger partial charge in [-0.3, -0.25) is 0 Å². The summed E-state index contributed by atoms with van der Waals surface area (Å²) < 4.78 is 46.9. The number of sulfone groups is 1. The predicted octanol–water partition coefficient (Wildman–Crippen LogP) is 1.96. The zero-order chi connectivity index (χ0) is 20.6. The van der Waals surface area contributed by atoms with Crippen molar-refractivity contribution in [2.24, 2.45) is 0 Å². The van der Waals surface area contributed by atoms with Crippen LogP contribution >= 0.6 is 0 Å². The van der Waals surface area contributed by atoms with Crippen LogP contribution in [-0.4, -0.2) is 46.6 Å². The third-order valence-corrected chi connectivity index (χ3v) is 6.84. The molecule has 0 spiro atoms. The molecular weight excluding hydrogens is 393 g/mol. The molecule has 0 saturated carbocycles. The van der Waals surface area contributed by atoms with Crippen LogP contribution in [0, 0.1) is 12.7 Å². The van der Waals surface area contributed by atoms with Crippen LogP contribution in [-0.2, 0) is 9.84 Å². The van der Waals surface area contributed by atoms with Gasteiger partial charge in [-0.05, 0) is 31.2 Å². The molecule has 1 N–H and O–H groups in total. The van der Waals surface area contributed by atoms with Gasteiger partial charge in [0.15, 0.2) is 0 Å². The fraction of sp³-hybridized carbons (Fsp3) is 0.286. The predicted molar refractivity (Wildman–Crippen MR) is 107 cm³/mol. The zero-order valence-corrected chi connectivity index (χ0v) is 17.2. The largest absolute Gasteiger partial charge is 0.419 e. The minimum Gasteiger partial charge on any atom is -0.419 e. The highest BCUT2D eigenvalue weighted by Gasteiger charge is 2.33. The first-order valence-corrected chi connectivity index (χ1v) is 11.0. The molecule has 0 unspecified atom stereocenters. The van der Waals surface area contributed by atoms with Gasteiger partial charge in [-0.25, -0.2) is 12.8 Å². The van der Waals surface area contributed by atoms with Gasteiger partial charge in [-0.1, -0.05) is 29.8 Å². The molecule has 6 nitrogen and oxygen atoms in total. The van der Waals surface area contributed by atoms with Crippen molar-refractivity contribution < 1.29 is 22.1 Å². The van der Waals surface area contributed by atoms with Crippen LogP contribution in [0.3, 0.4) is 0 Å². The Morgan fingerprint density at radius 3 is 2.38 bits per heavy atom. The lowest BCUT2D eigenvalue weighted by Crippen LogP contribution is -3.12. The van der Waals surface area contributed by atoms with Crippen molar-refractivity contribution in [2.45, 2.75) is 16.8 Å². The Morgan fingerprint density at radius 2 is 1.72 bits per heavy atom. The molecule has 8 heteroatoms. The molecule has 0 radical (unpaired) electrons. The number of aromatic nitrogens is 1. The van der Waals surface area contributed by atoms with Gasteiger partial charge in [-0.15, -0.1) is 0 Å². The third-order valence-electron chi connectivity index (χ3n) is 5.17. The molecule has 29 heavy (non-hydrogen) atoms. The minimum atomic E-state index is -3.93. The molecule has 0 amide bonds. The van der Waals surface area contributed by atoms with Crippen molar-refractivity contribution in [3.05, 3.63) is 59.9 Å². The Kier molecular flexibility index (Phi) is 5.14. The average molecular weight is 416 g/mol. The molecule has 1 saturated heterocycles. The molecule has 0 aliphatic carbocycles. The molecular formula is C21H23FN3O3S+. The van der Waals surface area contributed by atoms with Gasteiger partial charge >= 0.3 is 0 Å². The minimum absolute atomic E-state index is 0.0324. The molecule has 4 rings (SSSR count). The first kappa shape index (κ1) is 19.6. The van der Waals surface area contributed by atoms with E-state index in [4.69, 9.17) is 4.42 Å². The maximum absolute atomic E-state index is 14.3.